The molecule has 2 aromatic rings. The lowest BCUT2D eigenvalue weighted by molar-refractivity contribution is -0.146. The number of Topliss-reactive ketones (excluding diaryl/α,β-unsaturated/α-hetero) is 1. The summed E-state index contributed by atoms with van der Waals surface area (Å²) < 4.78 is 0. The molecule has 17 heteroatoms. The minimum atomic E-state index is -1.04. The average molecular weight is 1060 g/mol. The van der Waals surface area contributed by atoms with Crippen molar-refractivity contribution in [2.75, 3.05) is 13.1 Å². The molecule has 2 saturated heterocycles. The third kappa shape index (κ3) is 15.4. The molecule has 0 spiro atoms. The van der Waals surface area contributed by atoms with Crippen molar-refractivity contribution >= 4 is 47.1 Å². The SMILES string of the molecule is C=C1/C=C\C=C/CCCC[C@H]1NC(=O)[C@@H]1C[C@H](NC(=O)c2ccc(C(=O)N[C@H]3C[C@@H](C(=O)N[C@@H]4CCCc5ccccc54)N(C(=O)[C@@H](CC(=O)[C@@H](N)CC)C(C)(C)C)C3)cc2)CN1C(=O)[C@@H](NC(=O)[C@@H](N)CC)C(C)(C)C. The van der Waals surface area contributed by atoms with Gasteiger partial charge in [0.15, 0.2) is 0 Å². The number of carbonyl (C=O) groups is 8. The van der Waals surface area contributed by atoms with Gasteiger partial charge in [0.1, 0.15) is 23.9 Å². The van der Waals surface area contributed by atoms with E-state index in [1.165, 1.54) is 39.6 Å². The van der Waals surface area contributed by atoms with Gasteiger partial charge in [-0.3, -0.25) is 38.4 Å². The number of nitrogens with one attached hydrogen (secondary N) is 5. The fourth-order valence-corrected chi connectivity index (χ4v) is 10.8. The molecule has 0 aromatic heterocycles. The minimum absolute atomic E-state index is 0.0191. The third-order valence-corrected chi connectivity index (χ3v) is 15.8. The molecule has 0 bridgehead atoms. The lowest BCUT2D eigenvalue weighted by Gasteiger charge is -2.36. The number of aryl methyl sites for hydroxylation is 1. The summed E-state index contributed by atoms with van der Waals surface area (Å²) in [6.07, 6.45) is 14.6. The van der Waals surface area contributed by atoms with Crippen molar-refractivity contribution in [1.82, 2.24) is 36.4 Å². The van der Waals surface area contributed by atoms with Gasteiger partial charge in [-0.2, -0.15) is 0 Å². The molecule has 0 radical (unpaired) electrons. The molecule has 17 nitrogen and oxygen atoms in total. The van der Waals surface area contributed by atoms with E-state index < -0.39 is 88.6 Å². The Morgan fingerprint density at radius 3 is 1.77 bits per heavy atom. The van der Waals surface area contributed by atoms with Crippen molar-refractivity contribution in [1.29, 1.82) is 0 Å². The first-order valence-electron chi connectivity index (χ1n) is 27.8. The smallest absolute Gasteiger partial charge is 0.251 e. The molecule has 2 heterocycles. The van der Waals surface area contributed by atoms with Crippen LogP contribution in [0.4, 0.5) is 0 Å². The van der Waals surface area contributed by atoms with Crippen molar-refractivity contribution in [2.45, 2.75) is 187 Å². The molecule has 418 valence electrons. The largest absolute Gasteiger partial charge is 0.348 e. The molecular formula is C60H85N9O8. The second-order valence-electron chi connectivity index (χ2n) is 23.7. The van der Waals surface area contributed by atoms with Crippen LogP contribution in [0.2, 0.25) is 0 Å². The summed E-state index contributed by atoms with van der Waals surface area (Å²) in [7, 11) is 0. The van der Waals surface area contributed by atoms with E-state index in [1.54, 1.807) is 6.92 Å². The normalized spacial score (nSPS) is 24.2. The van der Waals surface area contributed by atoms with Crippen molar-refractivity contribution in [3.8, 4) is 0 Å². The van der Waals surface area contributed by atoms with E-state index in [9.17, 15) is 38.4 Å². The molecule has 10 atom stereocenters. The fraction of sp³-hybridized carbons (Fsp3) is 0.567. The molecule has 9 N–H and O–H groups in total. The predicted molar refractivity (Wildman–Crippen MR) is 298 cm³/mol. The number of carbonyl (C=O) groups excluding carboxylic acids is 8. The second-order valence-corrected chi connectivity index (χ2v) is 23.7. The summed E-state index contributed by atoms with van der Waals surface area (Å²) in [5.74, 6) is -4.03. The highest BCUT2D eigenvalue weighted by atomic mass is 16.2. The van der Waals surface area contributed by atoms with E-state index in [0.717, 1.165) is 49.7 Å². The molecule has 2 aliphatic heterocycles. The summed E-state index contributed by atoms with van der Waals surface area (Å²) in [4.78, 5) is 115. The highest BCUT2D eigenvalue weighted by Crippen LogP contribution is 2.36. The van der Waals surface area contributed by atoms with Gasteiger partial charge in [0.05, 0.1) is 24.2 Å². The zero-order valence-corrected chi connectivity index (χ0v) is 46.6. The Labute approximate surface area is 455 Å². The molecule has 2 aromatic carbocycles. The number of ketones is 1. The van der Waals surface area contributed by atoms with E-state index in [-0.39, 0.29) is 73.2 Å². The number of likely N-dealkylation sites (tertiary alicyclic amines) is 2. The summed E-state index contributed by atoms with van der Waals surface area (Å²) in [5.41, 5.74) is 14.2. The Balaban J connectivity index is 1.18. The lowest BCUT2D eigenvalue weighted by atomic mass is 9.76. The highest BCUT2D eigenvalue weighted by Gasteiger charge is 2.48. The van der Waals surface area contributed by atoms with E-state index >= 15 is 0 Å². The van der Waals surface area contributed by atoms with Crippen molar-refractivity contribution in [3.63, 3.8) is 0 Å². The number of nitrogens with zero attached hydrogens (tertiary/aromatic N) is 2. The molecule has 77 heavy (non-hydrogen) atoms. The third-order valence-electron chi connectivity index (χ3n) is 15.8. The van der Waals surface area contributed by atoms with Crippen molar-refractivity contribution < 1.29 is 38.4 Å². The molecule has 6 rings (SSSR count). The number of fused-ring (bicyclic) bond motifs is 1. The predicted octanol–water partition coefficient (Wildman–Crippen LogP) is 5.63. The van der Waals surface area contributed by atoms with Crippen LogP contribution in [0.1, 0.15) is 164 Å². The van der Waals surface area contributed by atoms with E-state index in [1.807, 2.05) is 84.9 Å². The zero-order valence-electron chi connectivity index (χ0n) is 46.6. The maximum absolute atomic E-state index is 14.7. The molecule has 4 aliphatic rings. The van der Waals surface area contributed by atoms with Gasteiger partial charge in [-0.05, 0) is 116 Å². The van der Waals surface area contributed by atoms with Gasteiger partial charge in [-0.15, -0.1) is 0 Å². The average Bonchev–Trinajstić information content (AvgIpc) is 4.03. The van der Waals surface area contributed by atoms with Crippen LogP contribution in [0.25, 0.3) is 0 Å². The number of allylic oxidation sites excluding steroid dienone is 3. The summed E-state index contributed by atoms with van der Waals surface area (Å²) in [6, 6.07) is 7.62. The molecule has 0 unspecified atom stereocenters. The van der Waals surface area contributed by atoms with Gasteiger partial charge in [0.2, 0.25) is 29.5 Å². The first kappa shape index (κ1) is 59.8. The first-order chi connectivity index (χ1) is 36.4. The maximum atomic E-state index is 14.7. The monoisotopic (exact) mass is 1060 g/mol. The van der Waals surface area contributed by atoms with Crippen LogP contribution >= 0.6 is 0 Å². The maximum Gasteiger partial charge on any atom is 0.251 e. The van der Waals surface area contributed by atoms with E-state index in [4.69, 9.17) is 11.5 Å². The Bertz CT molecular complexity index is 2560. The topological polar surface area (TPSA) is 255 Å². The number of benzene rings is 2. The second kappa shape index (κ2) is 26.3. The van der Waals surface area contributed by atoms with Crippen molar-refractivity contribution in [3.05, 3.63) is 107 Å². The van der Waals surface area contributed by atoms with Crippen LogP contribution in [0.15, 0.2) is 85.0 Å². The van der Waals surface area contributed by atoms with Gasteiger partial charge in [0, 0.05) is 48.6 Å². The highest BCUT2D eigenvalue weighted by molar-refractivity contribution is 5.99. The fourth-order valence-electron chi connectivity index (χ4n) is 10.8. The van der Waals surface area contributed by atoms with Gasteiger partial charge < -0.3 is 47.9 Å². The van der Waals surface area contributed by atoms with Crippen molar-refractivity contribution in [2.24, 2.45) is 28.2 Å². The van der Waals surface area contributed by atoms with Gasteiger partial charge in [0.25, 0.3) is 11.8 Å². The van der Waals surface area contributed by atoms with Crippen LogP contribution in [0.3, 0.4) is 0 Å². The zero-order chi connectivity index (χ0) is 56.4. The van der Waals surface area contributed by atoms with E-state index in [2.05, 4.69) is 45.3 Å². The Morgan fingerprint density at radius 2 is 1.21 bits per heavy atom. The van der Waals surface area contributed by atoms with E-state index in [0.29, 0.717) is 19.3 Å². The molecular weight excluding hydrogens is 975 g/mol. The van der Waals surface area contributed by atoms with Crippen LogP contribution in [-0.2, 0) is 35.2 Å². The van der Waals surface area contributed by atoms with Gasteiger partial charge in [-0.1, -0.05) is 117 Å². The number of rotatable bonds is 17. The van der Waals surface area contributed by atoms with Gasteiger partial charge >= 0.3 is 0 Å². The Morgan fingerprint density at radius 1 is 0.662 bits per heavy atom. The Kier molecular flexibility index (Phi) is 20.4. The quantitative estimate of drug-likeness (QED) is 0.103. The van der Waals surface area contributed by atoms with Crippen LogP contribution in [0.5, 0.6) is 0 Å². The Hall–Kier alpha value is -6.46. The number of hydrogen-bond donors (Lipinski definition) is 7. The molecule has 0 saturated carbocycles. The van der Waals surface area contributed by atoms with Gasteiger partial charge in [-0.25, -0.2) is 0 Å². The molecule has 2 aliphatic carbocycles. The van der Waals surface area contributed by atoms with Crippen LogP contribution in [-0.4, -0.2) is 118 Å². The summed E-state index contributed by atoms with van der Waals surface area (Å²) in [6.45, 7) is 19.0. The first-order valence-corrected chi connectivity index (χ1v) is 27.8. The number of nitrogens with two attached hydrogens (primary N) is 2. The van der Waals surface area contributed by atoms with Crippen LogP contribution in [0, 0.1) is 16.7 Å². The summed E-state index contributed by atoms with van der Waals surface area (Å²) in [5, 5.41) is 15.3. The molecule has 7 amide bonds. The summed E-state index contributed by atoms with van der Waals surface area (Å²) >= 11 is 0. The van der Waals surface area contributed by atoms with Crippen LogP contribution < -0.4 is 38.1 Å². The standard InChI is InChI=1S/C60H85N9O8/c1-10-44(61)50(70)33-43(59(4,5)6)57(76)68-34-40(31-48(68)56(75)66-47-26-20-23-37-22-18-19-24-42(37)47)63-52(71)38-27-29-39(30-28-38)53(72)64-41-32-49(55(74)65-46-25-17-15-13-12-14-16-21-36(46)3)69(35-41)58(77)51(60(7,8)9)67-54(73)45(62)11-2/h12,14,16,18-19,21-22,24,27-30,40-41,43-49,51H,3,10-11,13,15,17,20,23,25-26,31-35,61-62H2,1-2,4-9H3,(H,63,71)(H,64,72)(H,65,74)(H,66,75)(H,67,73)/b14-12-,21-16-/t40-,41-,43+,44-,45-,46+,47+,48-,49-,51+/m0/s1. The number of hydrogen-bond acceptors (Lipinski definition) is 10. The minimum Gasteiger partial charge on any atom is -0.348 e. The number of amides is 7. The molecule has 2 fully saturated rings. The lowest BCUT2D eigenvalue weighted by Crippen LogP contribution is -2.60.